The van der Waals surface area contributed by atoms with Crippen LogP contribution in [0.25, 0.3) is 21.3 Å². The van der Waals surface area contributed by atoms with Crippen LogP contribution in [0.15, 0.2) is 34.4 Å². The van der Waals surface area contributed by atoms with Gasteiger partial charge in [0.15, 0.2) is 0 Å². The zero-order valence-electron chi connectivity index (χ0n) is 14.0. The van der Waals surface area contributed by atoms with E-state index in [1.807, 2.05) is 29.6 Å². The van der Waals surface area contributed by atoms with E-state index >= 15 is 0 Å². The summed E-state index contributed by atoms with van der Waals surface area (Å²) in [6, 6.07) is 7.54. The highest BCUT2D eigenvalue weighted by atomic mass is 35.5. The summed E-state index contributed by atoms with van der Waals surface area (Å²) in [5.74, 6) is 0.742. The van der Waals surface area contributed by atoms with Crippen LogP contribution in [-0.2, 0) is 6.54 Å². The van der Waals surface area contributed by atoms with Crippen LogP contribution >= 0.6 is 22.9 Å². The number of aromatic amines is 1. The van der Waals surface area contributed by atoms with Crippen molar-refractivity contribution < 1.29 is 0 Å². The maximum Gasteiger partial charge on any atom is 0.260 e. The Kier molecular flexibility index (Phi) is 4.60. The third kappa shape index (κ3) is 3.48. The van der Waals surface area contributed by atoms with Gasteiger partial charge >= 0.3 is 0 Å². The zero-order chi connectivity index (χ0) is 17.4. The second-order valence-corrected chi connectivity index (χ2v) is 7.72. The Balaban J connectivity index is 1.65. The van der Waals surface area contributed by atoms with Crippen molar-refractivity contribution in [2.45, 2.75) is 6.54 Å². The summed E-state index contributed by atoms with van der Waals surface area (Å²) < 4.78 is 0. The maximum absolute atomic E-state index is 12.7. The smallest absolute Gasteiger partial charge is 0.260 e. The van der Waals surface area contributed by atoms with Crippen LogP contribution in [0.5, 0.6) is 0 Å². The number of benzene rings is 1. The Morgan fingerprint density at radius 1 is 1.20 bits per heavy atom. The molecule has 2 aromatic heterocycles. The number of rotatable bonds is 3. The molecule has 0 atom stereocenters. The lowest BCUT2D eigenvalue weighted by Crippen LogP contribution is -2.44. The lowest BCUT2D eigenvalue weighted by molar-refractivity contribution is 0.145. The predicted octanol–water partition coefficient (Wildman–Crippen LogP) is 3.05. The Morgan fingerprint density at radius 2 is 1.92 bits per heavy atom. The molecule has 0 spiro atoms. The van der Waals surface area contributed by atoms with Crippen molar-refractivity contribution in [2.75, 3.05) is 33.2 Å². The first kappa shape index (κ1) is 16.7. The van der Waals surface area contributed by atoms with Crippen molar-refractivity contribution in [3.8, 4) is 11.1 Å². The lowest BCUT2D eigenvalue weighted by Gasteiger charge is -2.31. The molecule has 130 valence electrons. The third-order valence-corrected chi connectivity index (χ3v) is 5.74. The largest absolute Gasteiger partial charge is 0.309 e. The molecule has 0 unspecified atom stereocenters. The highest BCUT2D eigenvalue weighted by molar-refractivity contribution is 7.17. The highest BCUT2D eigenvalue weighted by Crippen LogP contribution is 2.31. The topological polar surface area (TPSA) is 52.2 Å². The van der Waals surface area contributed by atoms with Crippen LogP contribution in [-0.4, -0.2) is 53.0 Å². The second-order valence-electron chi connectivity index (χ2n) is 6.43. The summed E-state index contributed by atoms with van der Waals surface area (Å²) >= 11 is 7.47. The molecule has 5 nitrogen and oxygen atoms in total. The van der Waals surface area contributed by atoms with Crippen molar-refractivity contribution in [1.82, 2.24) is 19.8 Å². The van der Waals surface area contributed by atoms with Crippen LogP contribution in [0.1, 0.15) is 5.82 Å². The number of H-pyrrole nitrogens is 1. The normalized spacial score (nSPS) is 16.6. The molecule has 3 heterocycles. The molecular formula is C18H19ClN4OS. The van der Waals surface area contributed by atoms with E-state index in [9.17, 15) is 4.79 Å². The van der Waals surface area contributed by atoms with E-state index in [1.54, 1.807) is 0 Å². The molecule has 0 radical (unpaired) electrons. The van der Waals surface area contributed by atoms with Gasteiger partial charge in [-0.2, -0.15) is 0 Å². The van der Waals surface area contributed by atoms with Gasteiger partial charge in [0.05, 0.1) is 11.9 Å². The van der Waals surface area contributed by atoms with Crippen LogP contribution in [0, 0.1) is 0 Å². The summed E-state index contributed by atoms with van der Waals surface area (Å²) in [4.78, 5) is 25.8. The van der Waals surface area contributed by atoms with Gasteiger partial charge in [-0.25, -0.2) is 4.98 Å². The molecule has 1 saturated heterocycles. The van der Waals surface area contributed by atoms with Crippen molar-refractivity contribution >= 4 is 33.2 Å². The fourth-order valence-electron chi connectivity index (χ4n) is 3.13. The number of nitrogens with one attached hydrogen (secondary N) is 1. The minimum atomic E-state index is -0.0691. The Hall–Kier alpha value is -1.73. The molecule has 1 aromatic carbocycles. The van der Waals surface area contributed by atoms with E-state index in [2.05, 4.69) is 21.8 Å². The van der Waals surface area contributed by atoms with Gasteiger partial charge in [-0.15, -0.1) is 11.3 Å². The molecular weight excluding hydrogens is 356 g/mol. The molecule has 1 N–H and O–H groups in total. The average molecular weight is 375 g/mol. The summed E-state index contributed by atoms with van der Waals surface area (Å²) in [6.07, 6.45) is 0. The monoisotopic (exact) mass is 374 g/mol. The second kappa shape index (κ2) is 6.88. The van der Waals surface area contributed by atoms with Gasteiger partial charge in [0.1, 0.15) is 10.7 Å². The van der Waals surface area contributed by atoms with E-state index < -0.39 is 0 Å². The number of hydrogen-bond donors (Lipinski definition) is 1. The fraction of sp³-hybridized carbons (Fsp3) is 0.333. The first-order valence-corrected chi connectivity index (χ1v) is 9.53. The minimum Gasteiger partial charge on any atom is -0.309 e. The molecule has 0 saturated carbocycles. The molecule has 25 heavy (non-hydrogen) atoms. The van der Waals surface area contributed by atoms with Crippen LogP contribution in [0.3, 0.4) is 0 Å². The third-order valence-electron chi connectivity index (χ3n) is 4.62. The number of likely N-dealkylation sites (N-methyl/N-ethyl adjacent to an activating group) is 1. The highest BCUT2D eigenvalue weighted by Gasteiger charge is 2.17. The van der Waals surface area contributed by atoms with Crippen LogP contribution < -0.4 is 5.56 Å². The van der Waals surface area contributed by atoms with Gasteiger partial charge in [0, 0.05) is 42.1 Å². The van der Waals surface area contributed by atoms with Crippen molar-refractivity contribution in [2.24, 2.45) is 0 Å². The molecule has 1 fully saturated rings. The number of nitrogens with zero attached hydrogens (tertiary/aromatic N) is 3. The number of piperazine rings is 1. The first-order chi connectivity index (χ1) is 12.1. The van der Waals surface area contributed by atoms with Gasteiger partial charge in [-0.3, -0.25) is 9.69 Å². The van der Waals surface area contributed by atoms with E-state index in [0.29, 0.717) is 17.0 Å². The maximum atomic E-state index is 12.7. The summed E-state index contributed by atoms with van der Waals surface area (Å²) in [5, 5.41) is 3.34. The molecule has 4 rings (SSSR count). The molecule has 0 bridgehead atoms. The van der Waals surface area contributed by atoms with Gasteiger partial charge in [-0.05, 0) is 24.7 Å². The van der Waals surface area contributed by atoms with Crippen LogP contribution in [0.4, 0.5) is 0 Å². The summed E-state index contributed by atoms with van der Waals surface area (Å²) in [7, 11) is 2.13. The number of aromatic nitrogens is 2. The van der Waals surface area contributed by atoms with Crippen LogP contribution in [0.2, 0.25) is 5.02 Å². The first-order valence-electron chi connectivity index (χ1n) is 8.27. The lowest BCUT2D eigenvalue weighted by atomic mass is 10.1. The number of fused-ring (bicyclic) bond motifs is 1. The summed E-state index contributed by atoms with van der Waals surface area (Å²) in [5.41, 5.74) is 1.83. The number of hydrogen-bond acceptors (Lipinski definition) is 5. The fourth-order valence-corrected chi connectivity index (χ4v) is 4.22. The van der Waals surface area contributed by atoms with E-state index in [4.69, 9.17) is 16.6 Å². The molecule has 0 aliphatic carbocycles. The molecule has 0 amide bonds. The average Bonchev–Trinajstić information content (AvgIpc) is 3.02. The Labute approximate surface area is 154 Å². The van der Waals surface area contributed by atoms with Gasteiger partial charge in [-0.1, -0.05) is 23.7 Å². The molecule has 1 aliphatic heterocycles. The zero-order valence-corrected chi connectivity index (χ0v) is 15.5. The van der Waals surface area contributed by atoms with E-state index in [-0.39, 0.29) is 5.56 Å². The standard InChI is InChI=1S/C18H19ClN4OS/c1-22-6-8-23(9-7-22)10-15-20-17(24)16-14(11-25-18(16)21-15)12-2-4-13(19)5-3-12/h2-5,11H,6-10H2,1H3,(H,20,21,24). The van der Waals surface area contributed by atoms with E-state index in [1.165, 1.54) is 11.3 Å². The molecule has 3 aromatic rings. The van der Waals surface area contributed by atoms with E-state index in [0.717, 1.165) is 48.0 Å². The Bertz CT molecular complexity index is 942. The number of thiophene rings is 1. The quantitative estimate of drug-likeness (QED) is 0.765. The molecule has 7 heteroatoms. The Morgan fingerprint density at radius 3 is 2.64 bits per heavy atom. The van der Waals surface area contributed by atoms with Crippen molar-refractivity contribution in [1.29, 1.82) is 0 Å². The SMILES string of the molecule is CN1CCN(Cc2nc3scc(-c4ccc(Cl)cc4)c3c(=O)[nH]2)CC1. The van der Waals surface area contributed by atoms with Gasteiger partial charge in [0.2, 0.25) is 0 Å². The predicted molar refractivity (Wildman–Crippen MR) is 103 cm³/mol. The van der Waals surface area contributed by atoms with Gasteiger partial charge < -0.3 is 9.88 Å². The van der Waals surface area contributed by atoms with Crippen molar-refractivity contribution in [3.63, 3.8) is 0 Å². The van der Waals surface area contributed by atoms with Crippen molar-refractivity contribution in [3.05, 3.63) is 50.8 Å². The number of halogens is 1. The minimum absolute atomic E-state index is 0.0691. The molecule has 1 aliphatic rings. The van der Waals surface area contributed by atoms with Gasteiger partial charge in [0.25, 0.3) is 5.56 Å². The summed E-state index contributed by atoms with van der Waals surface area (Å²) in [6.45, 7) is 4.78.